The Hall–Kier alpha value is -3.70. The second-order valence-electron chi connectivity index (χ2n) is 13.6. The molecule has 0 aliphatic carbocycles. The fraction of sp³-hybridized carbons (Fsp3) is 0.611. The molecule has 1 aromatic heterocycles. The molecule has 3 aliphatic rings. The summed E-state index contributed by atoms with van der Waals surface area (Å²) in [5.74, 6) is 1.14. The molecule has 1 aromatic carbocycles. The number of nitrogens with one attached hydrogen (secondary N) is 2. The van der Waals surface area contributed by atoms with Gasteiger partial charge < -0.3 is 35.0 Å². The Bertz CT molecular complexity index is 1320. The Kier molecular flexibility index (Phi) is 12.9. The zero-order valence-electron chi connectivity index (χ0n) is 28.3. The summed E-state index contributed by atoms with van der Waals surface area (Å²) < 4.78 is 6.26. The number of hydrogen-bond donors (Lipinski definition) is 2. The van der Waals surface area contributed by atoms with Crippen molar-refractivity contribution in [2.24, 2.45) is 11.8 Å². The molecule has 11 nitrogen and oxygen atoms in total. The molecule has 256 valence electrons. The maximum Gasteiger partial charge on any atom is 0.255 e. The average molecular weight is 648 g/mol. The largest absolute Gasteiger partial charge is 0.491 e. The maximum absolute atomic E-state index is 14.0. The van der Waals surface area contributed by atoms with Gasteiger partial charge in [-0.25, -0.2) is 0 Å². The third-order valence-electron chi connectivity index (χ3n) is 9.79. The number of carbonyl (C=O) groups excluding carboxylic acids is 3. The topological polar surface area (TPSA) is 110 Å². The van der Waals surface area contributed by atoms with Crippen LogP contribution in [0.2, 0.25) is 0 Å². The molecule has 2 saturated heterocycles. The molecule has 5 rings (SSSR count). The molecule has 0 unspecified atom stereocenters. The smallest absolute Gasteiger partial charge is 0.255 e. The number of ether oxygens (including phenoxy) is 1. The van der Waals surface area contributed by atoms with Crippen LogP contribution in [0.5, 0.6) is 5.75 Å². The standard InChI is InChI=1S/C36H53N7O4/c1-40-16-11-28(12-17-40)22-38-34(44)26-42-15-7-3-4-8-20-47-33-10-6-5-9-32(33)43(31-21-30(36(42)46)24-37-25-31)27-35(45)39-23-29-13-18-41(2)19-14-29/h5-6,9-10,21,24-25,28-29H,3-4,7-8,11-20,22-23,26-27H2,1-2H3,(H,38,44)(H,39,45). The van der Waals surface area contributed by atoms with Gasteiger partial charge in [0.25, 0.3) is 5.91 Å². The van der Waals surface area contributed by atoms with E-state index in [2.05, 4.69) is 39.5 Å². The molecule has 0 saturated carbocycles. The highest BCUT2D eigenvalue weighted by Gasteiger charge is 2.25. The summed E-state index contributed by atoms with van der Waals surface area (Å²) in [4.78, 5) is 53.1. The van der Waals surface area contributed by atoms with Gasteiger partial charge in [-0.15, -0.1) is 0 Å². The number of para-hydroxylation sites is 2. The van der Waals surface area contributed by atoms with Crippen molar-refractivity contribution in [1.29, 1.82) is 0 Å². The van der Waals surface area contributed by atoms with Gasteiger partial charge in [-0.1, -0.05) is 25.0 Å². The van der Waals surface area contributed by atoms with E-state index in [0.717, 1.165) is 83.2 Å². The van der Waals surface area contributed by atoms with Crippen molar-refractivity contribution in [2.45, 2.75) is 51.4 Å². The van der Waals surface area contributed by atoms with Crippen LogP contribution in [-0.4, -0.2) is 117 Å². The van der Waals surface area contributed by atoms with Gasteiger partial charge in [0.1, 0.15) is 12.3 Å². The van der Waals surface area contributed by atoms with E-state index in [4.69, 9.17) is 4.74 Å². The number of nitrogens with zero attached hydrogens (tertiary/aromatic N) is 5. The maximum atomic E-state index is 14.0. The molecule has 2 aromatic rings. The van der Waals surface area contributed by atoms with Crippen LogP contribution in [0, 0.1) is 11.8 Å². The monoisotopic (exact) mass is 647 g/mol. The van der Waals surface area contributed by atoms with Crippen molar-refractivity contribution in [3.05, 3.63) is 48.3 Å². The first-order valence-electron chi connectivity index (χ1n) is 17.5. The fourth-order valence-corrected chi connectivity index (χ4v) is 6.66. The van der Waals surface area contributed by atoms with Crippen LogP contribution >= 0.6 is 0 Å². The predicted molar refractivity (Wildman–Crippen MR) is 184 cm³/mol. The molecule has 11 heteroatoms. The van der Waals surface area contributed by atoms with Crippen molar-refractivity contribution in [3.63, 3.8) is 0 Å². The molecular formula is C36H53N7O4. The summed E-state index contributed by atoms with van der Waals surface area (Å²) >= 11 is 0. The van der Waals surface area contributed by atoms with Gasteiger partial charge >= 0.3 is 0 Å². The lowest BCUT2D eigenvalue weighted by Gasteiger charge is -2.30. The number of pyridine rings is 1. The molecule has 2 N–H and O–H groups in total. The van der Waals surface area contributed by atoms with E-state index in [-0.39, 0.29) is 30.8 Å². The molecule has 3 amide bonds. The van der Waals surface area contributed by atoms with Crippen LogP contribution in [0.3, 0.4) is 0 Å². The van der Waals surface area contributed by atoms with Gasteiger partial charge in [0.15, 0.2) is 0 Å². The SMILES string of the molecule is CN1CCC(CNC(=O)CN2CCCCCCOc3ccccc3N(CC(=O)NCC3CCN(C)CC3)c3cncc(c3)C2=O)CC1. The van der Waals surface area contributed by atoms with E-state index < -0.39 is 0 Å². The minimum Gasteiger partial charge on any atom is -0.491 e. The van der Waals surface area contributed by atoms with Crippen LogP contribution in [0.25, 0.3) is 0 Å². The van der Waals surface area contributed by atoms with Gasteiger partial charge in [-0.2, -0.15) is 0 Å². The fourth-order valence-electron chi connectivity index (χ4n) is 6.66. The lowest BCUT2D eigenvalue weighted by molar-refractivity contribution is -0.122. The number of aromatic nitrogens is 1. The highest BCUT2D eigenvalue weighted by Crippen LogP contribution is 2.34. The third-order valence-corrected chi connectivity index (χ3v) is 9.79. The number of hydrogen-bond acceptors (Lipinski definition) is 8. The summed E-state index contributed by atoms with van der Waals surface area (Å²) in [5.41, 5.74) is 1.74. The summed E-state index contributed by atoms with van der Waals surface area (Å²) in [5, 5.41) is 6.25. The number of likely N-dealkylation sites (tertiary alicyclic amines) is 2. The summed E-state index contributed by atoms with van der Waals surface area (Å²) in [7, 11) is 4.26. The molecular weight excluding hydrogens is 594 g/mol. The Balaban J connectivity index is 1.33. The predicted octanol–water partition coefficient (Wildman–Crippen LogP) is 3.53. The Morgan fingerprint density at radius 2 is 1.43 bits per heavy atom. The zero-order valence-corrected chi connectivity index (χ0v) is 28.3. The van der Waals surface area contributed by atoms with Crippen molar-refractivity contribution < 1.29 is 19.1 Å². The third kappa shape index (κ3) is 10.4. The van der Waals surface area contributed by atoms with Crippen LogP contribution in [0.1, 0.15) is 61.7 Å². The Morgan fingerprint density at radius 3 is 2.11 bits per heavy atom. The van der Waals surface area contributed by atoms with Crippen molar-refractivity contribution in [1.82, 2.24) is 30.3 Å². The number of benzene rings is 1. The molecule has 0 atom stereocenters. The Labute approximate surface area is 280 Å². The number of anilines is 2. The number of piperidine rings is 2. The van der Waals surface area contributed by atoms with E-state index in [0.29, 0.717) is 55.1 Å². The van der Waals surface area contributed by atoms with E-state index >= 15 is 0 Å². The molecule has 4 heterocycles. The molecule has 0 radical (unpaired) electrons. The van der Waals surface area contributed by atoms with E-state index in [1.807, 2.05) is 29.2 Å². The van der Waals surface area contributed by atoms with Crippen molar-refractivity contribution >= 4 is 29.1 Å². The van der Waals surface area contributed by atoms with Crippen LogP contribution < -0.4 is 20.3 Å². The summed E-state index contributed by atoms with van der Waals surface area (Å²) in [6, 6.07) is 9.49. The lowest BCUT2D eigenvalue weighted by Crippen LogP contribution is -2.43. The minimum atomic E-state index is -0.236. The first-order valence-corrected chi connectivity index (χ1v) is 17.5. The second-order valence-corrected chi connectivity index (χ2v) is 13.6. The van der Waals surface area contributed by atoms with E-state index in [9.17, 15) is 14.4 Å². The Morgan fingerprint density at radius 1 is 0.809 bits per heavy atom. The minimum absolute atomic E-state index is 0.00467. The molecule has 2 fully saturated rings. The highest BCUT2D eigenvalue weighted by molar-refractivity contribution is 5.97. The summed E-state index contributed by atoms with van der Waals surface area (Å²) in [6.07, 6.45) is 11.0. The molecule has 3 aliphatic heterocycles. The van der Waals surface area contributed by atoms with Gasteiger partial charge in [-0.3, -0.25) is 19.4 Å². The van der Waals surface area contributed by atoms with Crippen molar-refractivity contribution in [3.8, 4) is 5.75 Å². The van der Waals surface area contributed by atoms with Crippen LogP contribution in [0.4, 0.5) is 11.4 Å². The van der Waals surface area contributed by atoms with Gasteiger partial charge in [0, 0.05) is 25.8 Å². The average Bonchev–Trinajstić information content (AvgIpc) is 3.09. The normalized spacial score (nSPS) is 19.7. The first-order chi connectivity index (χ1) is 22.9. The molecule has 2 bridgehead atoms. The first kappa shape index (κ1) is 34.6. The summed E-state index contributed by atoms with van der Waals surface area (Å²) in [6.45, 7) is 6.54. The highest BCUT2D eigenvalue weighted by atomic mass is 16.5. The lowest BCUT2D eigenvalue weighted by atomic mass is 9.97. The number of fused-ring (bicyclic) bond motifs is 3. The number of amides is 3. The second kappa shape index (κ2) is 17.5. The quantitative estimate of drug-likeness (QED) is 0.448. The zero-order chi connectivity index (χ0) is 33.0. The number of rotatable bonds is 8. The van der Waals surface area contributed by atoms with E-state index in [1.54, 1.807) is 23.4 Å². The van der Waals surface area contributed by atoms with Gasteiger partial charge in [-0.05, 0) is 109 Å². The molecule has 47 heavy (non-hydrogen) atoms. The van der Waals surface area contributed by atoms with E-state index in [1.165, 1.54) is 0 Å². The van der Waals surface area contributed by atoms with Crippen LogP contribution in [0.15, 0.2) is 42.7 Å². The van der Waals surface area contributed by atoms with Gasteiger partial charge in [0.05, 0.1) is 36.3 Å². The van der Waals surface area contributed by atoms with Crippen LogP contribution in [-0.2, 0) is 9.59 Å². The van der Waals surface area contributed by atoms with Crippen molar-refractivity contribution in [2.75, 3.05) is 84.5 Å². The molecule has 0 spiro atoms. The van der Waals surface area contributed by atoms with Gasteiger partial charge in [0.2, 0.25) is 11.8 Å². The number of carbonyl (C=O) groups is 3.